The molecule has 0 saturated heterocycles. The normalized spacial score (nSPS) is 14.7. The van der Waals surface area contributed by atoms with Crippen LogP contribution in [0.3, 0.4) is 0 Å². The van der Waals surface area contributed by atoms with Crippen molar-refractivity contribution in [1.29, 1.82) is 0 Å². The Morgan fingerprint density at radius 2 is 1.65 bits per heavy atom. The van der Waals surface area contributed by atoms with Gasteiger partial charge in [0, 0.05) is 24.2 Å². The van der Waals surface area contributed by atoms with E-state index in [1.807, 2.05) is 12.1 Å². The molecule has 0 N–H and O–H groups in total. The maximum Gasteiger partial charge on any atom is 0.314 e. The molecule has 0 unspecified atom stereocenters. The van der Waals surface area contributed by atoms with E-state index in [1.165, 1.54) is 30.1 Å². The molecule has 1 aliphatic carbocycles. The monoisotopic (exact) mass is 422 g/mol. The molecule has 31 heavy (non-hydrogen) atoms. The van der Waals surface area contributed by atoms with Crippen LogP contribution in [0.4, 0.5) is 13.2 Å². The molecule has 1 fully saturated rings. The Morgan fingerprint density at radius 1 is 0.903 bits per heavy atom. The van der Waals surface area contributed by atoms with Gasteiger partial charge in [-0.1, -0.05) is 36.4 Å². The SMILES string of the molecule is Fc1ccc(-c2cccc(C3(Cc4ncc(-c5nnc(C(F)F)o5)cn4)CC3)c2)cc1. The zero-order valence-electron chi connectivity index (χ0n) is 16.3. The maximum atomic E-state index is 13.2. The predicted molar refractivity (Wildman–Crippen MR) is 107 cm³/mol. The number of alkyl halides is 2. The molecule has 5 nitrogen and oxygen atoms in total. The van der Waals surface area contributed by atoms with Crippen LogP contribution in [0.15, 0.2) is 65.3 Å². The lowest BCUT2D eigenvalue weighted by molar-refractivity contribution is 0.116. The lowest BCUT2D eigenvalue weighted by Crippen LogP contribution is -2.13. The minimum absolute atomic E-state index is 0.0324. The fraction of sp³-hybridized carbons (Fsp3) is 0.217. The fourth-order valence-electron chi connectivity index (χ4n) is 3.69. The number of nitrogens with zero attached hydrogens (tertiary/aromatic N) is 4. The Hall–Kier alpha value is -3.55. The summed E-state index contributed by atoms with van der Waals surface area (Å²) in [4.78, 5) is 8.76. The third kappa shape index (κ3) is 3.93. The van der Waals surface area contributed by atoms with Gasteiger partial charge in [0.15, 0.2) is 0 Å². The molecule has 0 radical (unpaired) electrons. The minimum atomic E-state index is -2.82. The van der Waals surface area contributed by atoms with Crippen LogP contribution in [-0.4, -0.2) is 20.2 Å². The second-order valence-corrected chi connectivity index (χ2v) is 7.68. The van der Waals surface area contributed by atoms with E-state index in [4.69, 9.17) is 4.42 Å². The quantitative estimate of drug-likeness (QED) is 0.408. The molecule has 156 valence electrons. The van der Waals surface area contributed by atoms with E-state index in [1.54, 1.807) is 12.1 Å². The lowest BCUT2D eigenvalue weighted by Gasteiger charge is -2.16. The Kier molecular flexibility index (Phi) is 4.77. The molecule has 4 aromatic rings. The first-order valence-corrected chi connectivity index (χ1v) is 9.82. The zero-order chi connectivity index (χ0) is 21.4. The van der Waals surface area contributed by atoms with Crippen LogP contribution < -0.4 is 0 Å². The standard InChI is InChI=1S/C23H17F3N4O/c24-18-6-4-14(5-7-18)15-2-1-3-17(10-15)23(8-9-23)11-19-27-12-16(13-28-19)21-29-30-22(31-21)20(25)26/h1-7,10,12-13,20H,8-9,11H2. The molecule has 0 bridgehead atoms. The van der Waals surface area contributed by atoms with Crippen molar-refractivity contribution in [1.82, 2.24) is 20.2 Å². The van der Waals surface area contributed by atoms with E-state index in [2.05, 4.69) is 32.3 Å². The Bertz CT molecular complexity index is 1200. The van der Waals surface area contributed by atoms with Crippen molar-refractivity contribution in [3.8, 4) is 22.6 Å². The molecule has 8 heteroatoms. The summed E-state index contributed by atoms with van der Waals surface area (Å²) in [7, 11) is 0. The second kappa shape index (κ2) is 7.61. The van der Waals surface area contributed by atoms with Gasteiger partial charge in [-0.25, -0.2) is 14.4 Å². The summed E-state index contributed by atoms with van der Waals surface area (Å²) in [5.74, 6) is -0.362. The van der Waals surface area contributed by atoms with Crippen molar-refractivity contribution >= 4 is 0 Å². The van der Waals surface area contributed by atoms with Crippen LogP contribution in [0.1, 0.15) is 36.5 Å². The number of hydrogen-bond donors (Lipinski definition) is 0. The summed E-state index contributed by atoms with van der Waals surface area (Å²) in [5.41, 5.74) is 3.55. The van der Waals surface area contributed by atoms with Gasteiger partial charge in [0.25, 0.3) is 11.8 Å². The summed E-state index contributed by atoms with van der Waals surface area (Å²) < 4.78 is 43.4. The van der Waals surface area contributed by atoms with E-state index < -0.39 is 12.3 Å². The number of rotatable bonds is 6. The highest BCUT2D eigenvalue weighted by Crippen LogP contribution is 2.50. The van der Waals surface area contributed by atoms with Gasteiger partial charge in [0.1, 0.15) is 11.6 Å². The summed E-state index contributed by atoms with van der Waals surface area (Å²) in [6, 6.07) is 14.7. The molecule has 2 aromatic carbocycles. The van der Waals surface area contributed by atoms with Gasteiger partial charge in [-0.15, -0.1) is 10.2 Å². The molecule has 2 aromatic heterocycles. The lowest BCUT2D eigenvalue weighted by atomic mass is 9.89. The molecule has 1 aliphatic rings. The maximum absolute atomic E-state index is 13.2. The van der Waals surface area contributed by atoms with Crippen LogP contribution in [0.2, 0.25) is 0 Å². The van der Waals surface area contributed by atoms with Gasteiger partial charge < -0.3 is 4.42 Å². The topological polar surface area (TPSA) is 64.7 Å². The first-order chi connectivity index (χ1) is 15.0. The smallest absolute Gasteiger partial charge is 0.314 e. The first-order valence-electron chi connectivity index (χ1n) is 9.82. The van der Waals surface area contributed by atoms with Crippen molar-refractivity contribution in [2.75, 3.05) is 0 Å². The third-order valence-corrected chi connectivity index (χ3v) is 5.58. The fourth-order valence-corrected chi connectivity index (χ4v) is 3.69. The first kappa shape index (κ1) is 19.4. The van der Waals surface area contributed by atoms with Crippen LogP contribution in [0.5, 0.6) is 0 Å². The largest absolute Gasteiger partial charge is 0.415 e. The van der Waals surface area contributed by atoms with Gasteiger partial charge in [0.05, 0.1) is 5.56 Å². The summed E-state index contributed by atoms with van der Waals surface area (Å²) in [6.07, 6.45) is 2.90. The highest BCUT2D eigenvalue weighted by atomic mass is 19.3. The number of benzene rings is 2. The highest BCUT2D eigenvalue weighted by Gasteiger charge is 2.45. The van der Waals surface area contributed by atoms with E-state index in [0.717, 1.165) is 24.0 Å². The Labute approximate surface area is 176 Å². The third-order valence-electron chi connectivity index (χ3n) is 5.58. The number of aromatic nitrogens is 4. The molecule has 0 aliphatic heterocycles. The van der Waals surface area contributed by atoms with E-state index >= 15 is 0 Å². The predicted octanol–water partition coefficient (Wildman–Crippen LogP) is 5.54. The van der Waals surface area contributed by atoms with Crippen LogP contribution >= 0.6 is 0 Å². The summed E-state index contributed by atoms with van der Waals surface area (Å²) in [6.45, 7) is 0. The summed E-state index contributed by atoms with van der Waals surface area (Å²) in [5, 5.41) is 6.93. The van der Waals surface area contributed by atoms with Crippen LogP contribution in [0.25, 0.3) is 22.6 Å². The van der Waals surface area contributed by atoms with Gasteiger partial charge >= 0.3 is 6.43 Å². The summed E-state index contributed by atoms with van der Waals surface area (Å²) >= 11 is 0. The molecule has 0 atom stereocenters. The average Bonchev–Trinajstić information content (AvgIpc) is 3.39. The van der Waals surface area contributed by atoms with Gasteiger partial charge in [-0.2, -0.15) is 8.78 Å². The molecule has 0 spiro atoms. The second-order valence-electron chi connectivity index (χ2n) is 7.68. The van der Waals surface area contributed by atoms with Crippen molar-refractivity contribution in [2.24, 2.45) is 0 Å². The number of halogens is 3. The van der Waals surface area contributed by atoms with Gasteiger partial charge in [-0.05, 0) is 41.7 Å². The molecule has 1 saturated carbocycles. The highest BCUT2D eigenvalue weighted by molar-refractivity contribution is 5.65. The van der Waals surface area contributed by atoms with E-state index in [9.17, 15) is 13.2 Å². The van der Waals surface area contributed by atoms with Gasteiger partial charge in [-0.3, -0.25) is 0 Å². The van der Waals surface area contributed by atoms with Crippen molar-refractivity contribution in [2.45, 2.75) is 31.1 Å². The van der Waals surface area contributed by atoms with E-state index in [0.29, 0.717) is 17.8 Å². The molecule has 2 heterocycles. The van der Waals surface area contributed by atoms with Crippen molar-refractivity contribution in [3.05, 3.63) is 84.0 Å². The molecular formula is C23H17F3N4O. The average molecular weight is 422 g/mol. The van der Waals surface area contributed by atoms with E-state index in [-0.39, 0.29) is 17.1 Å². The Morgan fingerprint density at radius 3 is 2.29 bits per heavy atom. The zero-order valence-corrected chi connectivity index (χ0v) is 16.3. The number of hydrogen-bond acceptors (Lipinski definition) is 5. The Balaban J connectivity index is 1.35. The van der Waals surface area contributed by atoms with Crippen LogP contribution in [-0.2, 0) is 11.8 Å². The van der Waals surface area contributed by atoms with Crippen molar-refractivity contribution < 1.29 is 17.6 Å². The van der Waals surface area contributed by atoms with Gasteiger partial charge in [0.2, 0.25) is 0 Å². The molecular weight excluding hydrogens is 405 g/mol. The molecule has 0 amide bonds. The minimum Gasteiger partial charge on any atom is -0.415 e. The van der Waals surface area contributed by atoms with Crippen molar-refractivity contribution in [3.63, 3.8) is 0 Å². The van der Waals surface area contributed by atoms with Crippen LogP contribution in [0, 0.1) is 5.82 Å². The molecule has 5 rings (SSSR count).